The monoisotopic (exact) mass is 198 g/mol. The molecule has 13 heavy (non-hydrogen) atoms. The van der Waals surface area contributed by atoms with Crippen LogP contribution in [0.1, 0.15) is 30.6 Å². The van der Waals surface area contributed by atoms with Gasteiger partial charge in [-0.3, -0.25) is 0 Å². The molecule has 1 aliphatic rings. The van der Waals surface area contributed by atoms with E-state index >= 15 is 0 Å². The van der Waals surface area contributed by atoms with Gasteiger partial charge in [-0.05, 0) is 24.4 Å². The molecule has 0 bridgehead atoms. The van der Waals surface area contributed by atoms with E-state index in [0.29, 0.717) is 5.88 Å². The highest BCUT2D eigenvalue weighted by atomic mass is 32.1. The molecule has 1 aromatic heterocycles. The molecule has 1 aliphatic carbocycles. The Morgan fingerprint density at radius 1 is 1.54 bits per heavy atom. The lowest BCUT2D eigenvalue weighted by Gasteiger charge is -2.20. The minimum absolute atomic E-state index is 0.117. The SMILES string of the molecule is COc1cc(C2(N)CCCC2)sn1. The van der Waals surface area contributed by atoms with Gasteiger partial charge in [0, 0.05) is 10.9 Å². The normalized spacial score (nSPS) is 20.5. The van der Waals surface area contributed by atoms with Crippen LogP contribution in [0.25, 0.3) is 0 Å². The van der Waals surface area contributed by atoms with Crippen molar-refractivity contribution in [3.05, 3.63) is 10.9 Å². The third-order valence-corrected chi connectivity index (χ3v) is 3.68. The maximum Gasteiger partial charge on any atom is 0.225 e. The molecule has 2 rings (SSSR count). The lowest BCUT2D eigenvalue weighted by molar-refractivity contribution is 0.400. The molecule has 4 heteroatoms. The summed E-state index contributed by atoms with van der Waals surface area (Å²) in [5.41, 5.74) is 6.15. The molecule has 0 aliphatic heterocycles. The van der Waals surface area contributed by atoms with Crippen LogP contribution in [-0.4, -0.2) is 11.5 Å². The summed E-state index contributed by atoms with van der Waals surface area (Å²) in [6, 6.07) is 1.97. The summed E-state index contributed by atoms with van der Waals surface area (Å²) in [5.74, 6) is 0.691. The van der Waals surface area contributed by atoms with E-state index in [-0.39, 0.29) is 5.54 Å². The zero-order chi connectivity index (χ0) is 9.31. The third-order valence-electron chi connectivity index (χ3n) is 2.68. The van der Waals surface area contributed by atoms with Gasteiger partial charge in [0.1, 0.15) is 0 Å². The second-order valence-electron chi connectivity index (χ2n) is 3.60. The Morgan fingerprint density at radius 3 is 2.77 bits per heavy atom. The quantitative estimate of drug-likeness (QED) is 0.789. The average molecular weight is 198 g/mol. The predicted molar refractivity (Wildman–Crippen MR) is 53.0 cm³/mol. The smallest absolute Gasteiger partial charge is 0.225 e. The van der Waals surface area contributed by atoms with E-state index in [1.807, 2.05) is 6.07 Å². The van der Waals surface area contributed by atoms with Crippen molar-refractivity contribution in [1.82, 2.24) is 4.37 Å². The van der Waals surface area contributed by atoms with Crippen molar-refractivity contribution in [1.29, 1.82) is 0 Å². The van der Waals surface area contributed by atoms with E-state index < -0.39 is 0 Å². The lowest BCUT2D eigenvalue weighted by Crippen LogP contribution is -2.31. The van der Waals surface area contributed by atoms with Crippen molar-refractivity contribution in [3.63, 3.8) is 0 Å². The van der Waals surface area contributed by atoms with Gasteiger partial charge in [-0.1, -0.05) is 12.8 Å². The summed E-state index contributed by atoms with van der Waals surface area (Å²) < 4.78 is 9.21. The highest BCUT2D eigenvalue weighted by Crippen LogP contribution is 2.39. The molecule has 0 saturated heterocycles. The minimum Gasteiger partial charge on any atom is -0.480 e. The molecule has 0 amide bonds. The minimum atomic E-state index is -0.117. The van der Waals surface area contributed by atoms with Gasteiger partial charge in [0.15, 0.2) is 0 Å². The van der Waals surface area contributed by atoms with Crippen molar-refractivity contribution < 1.29 is 4.74 Å². The number of aromatic nitrogens is 1. The lowest BCUT2D eigenvalue weighted by atomic mass is 9.97. The van der Waals surface area contributed by atoms with Crippen LogP contribution < -0.4 is 10.5 Å². The van der Waals surface area contributed by atoms with Crippen LogP contribution in [0.15, 0.2) is 6.07 Å². The second kappa shape index (κ2) is 3.27. The first-order valence-corrected chi connectivity index (χ1v) is 5.32. The van der Waals surface area contributed by atoms with Crippen molar-refractivity contribution in [3.8, 4) is 5.88 Å². The largest absolute Gasteiger partial charge is 0.480 e. The molecule has 0 aromatic carbocycles. The van der Waals surface area contributed by atoms with Gasteiger partial charge in [0.2, 0.25) is 5.88 Å². The van der Waals surface area contributed by atoms with Crippen LogP contribution in [0.4, 0.5) is 0 Å². The van der Waals surface area contributed by atoms with E-state index in [2.05, 4.69) is 4.37 Å². The van der Waals surface area contributed by atoms with E-state index in [0.717, 1.165) is 12.8 Å². The number of methoxy groups -OCH3 is 1. The number of nitrogens with two attached hydrogens (primary N) is 1. The molecule has 1 heterocycles. The van der Waals surface area contributed by atoms with Gasteiger partial charge in [-0.2, -0.15) is 4.37 Å². The zero-order valence-electron chi connectivity index (χ0n) is 7.75. The van der Waals surface area contributed by atoms with Crippen molar-refractivity contribution in [2.75, 3.05) is 7.11 Å². The van der Waals surface area contributed by atoms with Gasteiger partial charge in [0.25, 0.3) is 0 Å². The number of rotatable bonds is 2. The zero-order valence-corrected chi connectivity index (χ0v) is 8.56. The Kier molecular flexibility index (Phi) is 2.26. The van der Waals surface area contributed by atoms with Gasteiger partial charge in [0.05, 0.1) is 12.6 Å². The summed E-state index contributed by atoms with van der Waals surface area (Å²) in [4.78, 5) is 1.17. The molecule has 72 valence electrons. The van der Waals surface area contributed by atoms with Gasteiger partial charge < -0.3 is 10.5 Å². The van der Waals surface area contributed by atoms with E-state index in [9.17, 15) is 0 Å². The Morgan fingerprint density at radius 2 is 2.23 bits per heavy atom. The highest BCUT2D eigenvalue weighted by molar-refractivity contribution is 7.06. The predicted octanol–water partition coefficient (Wildman–Crippen LogP) is 1.88. The molecule has 0 unspecified atom stereocenters. The van der Waals surface area contributed by atoms with Crippen molar-refractivity contribution in [2.24, 2.45) is 5.73 Å². The molecule has 1 fully saturated rings. The summed E-state index contributed by atoms with van der Waals surface area (Å²) in [5, 5.41) is 0. The van der Waals surface area contributed by atoms with Crippen LogP contribution in [0, 0.1) is 0 Å². The van der Waals surface area contributed by atoms with E-state index in [1.165, 1.54) is 29.3 Å². The number of hydrogen-bond donors (Lipinski definition) is 1. The highest BCUT2D eigenvalue weighted by Gasteiger charge is 2.33. The Balaban J connectivity index is 2.23. The average Bonchev–Trinajstić information content (AvgIpc) is 2.72. The standard InChI is InChI=1S/C9H14N2OS/c1-12-8-6-7(13-11-8)9(10)4-2-3-5-9/h6H,2-5,10H2,1H3. The summed E-state index contributed by atoms with van der Waals surface area (Å²) >= 11 is 1.47. The van der Waals surface area contributed by atoms with Gasteiger partial charge >= 0.3 is 0 Å². The van der Waals surface area contributed by atoms with Crippen LogP contribution in [0.5, 0.6) is 5.88 Å². The first-order chi connectivity index (χ1) is 6.24. The summed E-state index contributed by atoms with van der Waals surface area (Å²) in [6.07, 6.45) is 4.63. The number of hydrogen-bond acceptors (Lipinski definition) is 4. The molecule has 1 aromatic rings. The number of ether oxygens (including phenoxy) is 1. The maximum absolute atomic E-state index is 6.26. The molecule has 1 saturated carbocycles. The second-order valence-corrected chi connectivity index (χ2v) is 4.40. The van der Waals surface area contributed by atoms with Crippen LogP contribution in [0.2, 0.25) is 0 Å². The van der Waals surface area contributed by atoms with E-state index in [4.69, 9.17) is 10.5 Å². The molecule has 0 radical (unpaired) electrons. The molecule has 0 spiro atoms. The first kappa shape index (κ1) is 8.97. The Hall–Kier alpha value is -0.610. The van der Waals surface area contributed by atoms with Crippen molar-refractivity contribution >= 4 is 11.5 Å². The number of nitrogens with zero attached hydrogens (tertiary/aromatic N) is 1. The molecular weight excluding hydrogens is 184 g/mol. The first-order valence-electron chi connectivity index (χ1n) is 4.55. The Bertz CT molecular complexity index is 292. The fraction of sp³-hybridized carbons (Fsp3) is 0.667. The van der Waals surface area contributed by atoms with Crippen molar-refractivity contribution in [2.45, 2.75) is 31.2 Å². The molecular formula is C9H14N2OS. The maximum atomic E-state index is 6.26. The Labute approximate surface area is 82.1 Å². The van der Waals surface area contributed by atoms with Gasteiger partial charge in [-0.15, -0.1) is 0 Å². The summed E-state index contributed by atoms with van der Waals surface area (Å²) in [6.45, 7) is 0. The van der Waals surface area contributed by atoms with Crippen LogP contribution >= 0.6 is 11.5 Å². The molecule has 2 N–H and O–H groups in total. The fourth-order valence-electron chi connectivity index (χ4n) is 1.84. The van der Waals surface area contributed by atoms with Gasteiger partial charge in [-0.25, -0.2) is 0 Å². The molecule has 3 nitrogen and oxygen atoms in total. The summed E-state index contributed by atoms with van der Waals surface area (Å²) in [7, 11) is 1.64. The van der Waals surface area contributed by atoms with E-state index in [1.54, 1.807) is 7.11 Å². The fourth-order valence-corrected chi connectivity index (χ4v) is 2.70. The topological polar surface area (TPSA) is 48.1 Å². The molecule has 0 atom stereocenters. The third kappa shape index (κ3) is 1.56. The van der Waals surface area contributed by atoms with Crippen LogP contribution in [-0.2, 0) is 5.54 Å². The van der Waals surface area contributed by atoms with Crippen LogP contribution in [0.3, 0.4) is 0 Å².